The van der Waals surface area contributed by atoms with Crippen molar-refractivity contribution in [2.45, 2.75) is 59.0 Å². The third-order valence-corrected chi connectivity index (χ3v) is 5.39. The number of rotatable bonds is 13. The predicted octanol–water partition coefficient (Wildman–Crippen LogP) is 5.45. The number of hydrogen-bond acceptors (Lipinski definition) is 5. The number of halogens is 2. The summed E-state index contributed by atoms with van der Waals surface area (Å²) in [6, 6.07) is 7.52. The van der Waals surface area contributed by atoms with Gasteiger partial charge >= 0.3 is 6.09 Å². The molecule has 0 aromatic heterocycles. The Morgan fingerprint density at radius 2 is 1.84 bits per heavy atom. The van der Waals surface area contributed by atoms with Crippen LogP contribution in [0.5, 0.6) is 5.75 Å². The molecule has 1 amide bonds. The number of unbranched alkanes of at least 4 members (excludes halogenated alkanes) is 2. The number of likely N-dealkylation sites (tertiary alicyclic amines) is 1. The summed E-state index contributed by atoms with van der Waals surface area (Å²) >= 11 is 0. The molecule has 0 aliphatic carbocycles. The van der Waals surface area contributed by atoms with Crippen LogP contribution >= 0.6 is 24.8 Å². The molecule has 6 nitrogen and oxygen atoms in total. The van der Waals surface area contributed by atoms with Gasteiger partial charge < -0.3 is 14.4 Å². The van der Waals surface area contributed by atoms with Gasteiger partial charge in [0.1, 0.15) is 11.9 Å². The predicted molar refractivity (Wildman–Crippen MR) is 133 cm³/mol. The number of amides is 1. The first-order chi connectivity index (χ1) is 14.1. The highest BCUT2D eigenvalue weighted by Gasteiger charge is 2.22. The first kappa shape index (κ1) is 29.8. The molecule has 0 spiro atoms. The molecule has 0 saturated carbocycles. The summed E-state index contributed by atoms with van der Waals surface area (Å²) in [7, 11) is 0. The normalized spacial score (nSPS) is 14.5. The first-order valence-corrected chi connectivity index (χ1v) is 11.3. The molecular formula is C23H41Cl2N3O3. The van der Waals surface area contributed by atoms with Gasteiger partial charge in [-0.3, -0.25) is 10.2 Å². The van der Waals surface area contributed by atoms with Gasteiger partial charge in [0.15, 0.2) is 0 Å². The van der Waals surface area contributed by atoms with Crippen LogP contribution in [0.3, 0.4) is 0 Å². The maximum atomic E-state index is 12.6. The Balaban J connectivity index is 0.00000450. The Hall–Kier alpha value is -1.21. The van der Waals surface area contributed by atoms with Gasteiger partial charge in [-0.25, -0.2) is 4.79 Å². The van der Waals surface area contributed by atoms with Crippen LogP contribution in [0, 0.1) is 0 Å². The van der Waals surface area contributed by atoms with E-state index in [9.17, 15) is 4.79 Å². The number of anilines is 1. The van der Waals surface area contributed by atoms with Crippen molar-refractivity contribution in [3.8, 4) is 5.75 Å². The van der Waals surface area contributed by atoms with Crippen LogP contribution in [-0.4, -0.2) is 67.9 Å². The molecule has 2 rings (SSSR count). The number of nitrogens with zero attached hydrogens (tertiary/aromatic N) is 2. The molecular weight excluding hydrogens is 437 g/mol. The van der Waals surface area contributed by atoms with Gasteiger partial charge in [0.05, 0.1) is 6.61 Å². The van der Waals surface area contributed by atoms with Crippen molar-refractivity contribution in [3.63, 3.8) is 0 Å². The topological polar surface area (TPSA) is 54.0 Å². The number of likely N-dealkylation sites (N-methyl/N-ethyl adjacent to an activating group) is 1. The van der Waals surface area contributed by atoms with Gasteiger partial charge in [0.25, 0.3) is 0 Å². The Morgan fingerprint density at radius 3 is 2.48 bits per heavy atom. The fraction of sp³-hybridized carbons (Fsp3) is 0.696. The fourth-order valence-electron chi connectivity index (χ4n) is 3.66. The number of benzene rings is 1. The lowest BCUT2D eigenvalue weighted by Crippen LogP contribution is -2.42. The second-order valence-corrected chi connectivity index (χ2v) is 7.73. The highest BCUT2D eigenvalue weighted by atomic mass is 35.5. The molecule has 8 heteroatoms. The maximum Gasteiger partial charge on any atom is 0.411 e. The molecule has 1 heterocycles. The summed E-state index contributed by atoms with van der Waals surface area (Å²) in [6.07, 6.45) is 5.30. The number of ether oxygens (including phenoxy) is 2. The van der Waals surface area contributed by atoms with E-state index in [2.05, 4.69) is 35.9 Å². The summed E-state index contributed by atoms with van der Waals surface area (Å²) < 4.78 is 11.6. The van der Waals surface area contributed by atoms with E-state index < -0.39 is 6.09 Å². The van der Waals surface area contributed by atoms with Crippen molar-refractivity contribution in [2.75, 3.05) is 51.2 Å². The van der Waals surface area contributed by atoms with Crippen LogP contribution in [0.4, 0.5) is 10.5 Å². The van der Waals surface area contributed by atoms with Crippen molar-refractivity contribution < 1.29 is 14.3 Å². The fourth-order valence-corrected chi connectivity index (χ4v) is 3.66. The van der Waals surface area contributed by atoms with Gasteiger partial charge in [-0.15, -0.1) is 24.8 Å². The minimum Gasteiger partial charge on any atom is -0.494 e. The Bertz CT molecular complexity index is 593. The number of carbonyl (C=O) groups is 1. The molecule has 1 atom stereocenters. The molecule has 0 bridgehead atoms. The van der Waals surface area contributed by atoms with E-state index >= 15 is 0 Å². The van der Waals surface area contributed by atoms with Gasteiger partial charge in [0, 0.05) is 24.8 Å². The van der Waals surface area contributed by atoms with E-state index in [-0.39, 0.29) is 30.9 Å². The van der Waals surface area contributed by atoms with Crippen LogP contribution in [0.15, 0.2) is 24.3 Å². The third-order valence-electron chi connectivity index (χ3n) is 5.39. The summed E-state index contributed by atoms with van der Waals surface area (Å²) in [5.74, 6) is 0.774. The summed E-state index contributed by atoms with van der Waals surface area (Å²) in [4.78, 5) is 17.3. The number of carbonyl (C=O) groups excluding carboxylic acids is 1. The molecule has 0 radical (unpaired) electrons. The van der Waals surface area contributed by atoms with Gasteiger partial charge in [-0.05, 0) is 57.6 Å². The molecule has 1 aliphatic rings. The number of nitrogens with one attached hydrogen (secondary N) is 1. The van der Waals surface area contributed by atoms with Crippen LogP contribution in [-0.2, 0) is 4.74 Å². The highest BCUT2D eigenvalue weighted by Crippen LogP contribution is 2.18. The van der Waals surface area contributed by atoms with Crippen LogP contribution in [0.2, 0.25) is 0 Å². The van der Waals surface area contributed by atoms with Crippen molar-refractivity contribution in [2.24, 2.45) is 0 Å². The molecule has 1 saturated heterocycles. The van der Waals surface area contributed by atoms with E-state index in [0.29, 0.717) is 12.3 Å². The van der Waals surface area contributed by atoms with E-state index in [1.165, 1.54) is 19.3 Å². The zero-order chi connectivity index (χ0) is 20.9. The molecule has 1 N–H and O–H groups in total. The summed E-state index contributed by atoms with van der Waals surface area (Å²) in [6.45, 7) is 12.8. The lowest BCUT2D eigenvalue weighted by Gasteiger charge is -2.28. The van der Waals surface area contributed by atoms with Gasteiger partial charge in [0.2, 0.25) is 0 Å². The van der Waals surface area contributed by atoms with Crippen molar-refractivity contribution in [1.82, 2.24) is 9.80 Å². The van der Waals surface area contributed by atoms with Crippen molar-refractivity contribution in [1.29, 1.82) is 0 Å². The zero-order valence-corrected chi connectivity index (χ0v) is 20.9. The smallest absolute Gasteiger partial charge is 0.411 e. The Morgan fingerprint density at radius 1 is 1.13 bits per heavy atom. The zero-order valence-electron chi connectivity index (χ0n) is 19.3. The van der Waals surface area contributed by atoms with Crippen LogP contribution in [0.25, 0.3) is 0 Å². The van der Waals surface area contributed by atoms with Crippen LogP contribution < -0.4 is 10.1 Å². The second-order valence-electron chi connectivity index (χ2n) is 7.73. The molecule has 1 unspecified atom stereocenters. The number of hydrogen-bond donors (Lipinski definition) is 1. The molecule has 1 aromatic rings. The van der Waals surface area contributed by atoms with Crippen LogP contribution in [0.1, 0.15) is 52.9 Å². The molecule has 1 aromatic carbocycles. The minimum absolute atomic E-state index is 0. The van der Waals surface area contributed by atoms with Crippen molar-refractivity contribution in [3.05, 3.63) is 24.3 Å². The minimum atomic E-state index is -0.399. The Kier molecular flexibility index (Phi) is 16.7. The third kappa shape index (κ3) is 11.8. The lowest BCUT2D eigenvalue weighted by molar-refractivity contribution is 0.0605. The molecule has 1 fully saturated rings. The maximum absolute atomic E-state index is 12.6. The SMILES string of the molecule is CCCCCOc1cccc(NC(=O)OC(CN(CC)CC)CN2CCCC2)c1.Cl.Cl. The molecule has 1 aliphatic heterocycles. The van der Waals surface area contributed by atoms with Gasteiger partial charge in [-0.2, -0.15) is 0 Å². The lowest BCUT2D eigenvalue weighted by atomic mass is 10.2. The average Bonchev–Trinajstić information content (AvgIpc) is 3.22. The van der Waals surface area contributed by atoms with E-state index in [0.717, 1.165) is 57.9 Å². The summed E-state index contributed by atoms with van der Waals surface area (Å²) in [5.41, 5.74) is 0.700. The van der Waals surface area contributed by atoms with E-state index in [4.69, 9.17) is 9.47 Å². The monoisotopic (exact) mass is 477 g/mol. The van der Waals surface area contributed by atoms with E-state index in [1.807, 2.05) is 24.3 Å². The van der Waals surface area contributed by atoms with Crippen molar-refractivity contribution >= 4 is 36.6 Å². The first-order valence-electron chi connectivity index (χ1n) is 11.3. The summed E-state index contributed by atoms with van der Waals surface area (Å²) in [5, 5.41) is 2.87. The Labute approximate surface area is 200 Å². The molecule has 180 valence electrons. The van der Waals surface area contributed by atoms with E-state index in [1.54, 1.807) is 0 Å². The average molecular weight is 479 g/mol. The standard InChI is InChI=1S/C23H39N3O3.2ClH/c1-4-7-10-16-28-21-13-11-12-20(17-21)24-23(27)29-22(18-25(5-2)6-3)19-26-14-8-9-15-26;;/h11-13,17,22H,4-10,14-16,18-19H2,1-3H3,(H,24,27);2*1H. The van der Waals surface area contributed by atoms with Gasteiger partial charge in [-0.1, -0.05) is 39.7 Å². The quantitative estimate of drug-likeness (QED) is 0.382. The second kappa shape index (κ2) is 17.4. The molecule has 31 heavy (non-hydrogen) atoms. The largest absolute Gasteiger partial charge is 0.494 e. The highest BCUT2D eigenvalue weighted by molar-refractivity contribution is 5.86.